The lowest BCUT2D eigenvalue weighted by Gasteiger charge is -2.23. The first-order valence-electron chi connectivity index (χ1n) is 9.35. The highest BCUT2D eigenvalue weighted by Gasteiger charge is 2.28. The van der Waals surface area contributed by atoms with Gasteiger partial charge in [0.1, 0.15) is 24.1 Å². The molecule has 3 aromatic rings. The van der Waals surface area contributed by atoms with Crippen molar-refractivity contribution in [2.45, 2.75) is 44.9 Å². The summed E-state index contributed by atoms with van der Waals surface area (Å²) in [6.07, 6.45) is 2.87. The highest BCUT2D eigenvalue weighted by Crippen LogP contribution is 2.31. The zero-order chi connectivity index (χ0) is 18.1. The molecule has 0 spiro atoms. The van der Waals surface area contributed by atoms with E-state index in [2.05, 4.69) is 46.6 Å². The van der Waals surface area contributed by atoms with Gasteiger partial charge in [0.15, 0.2) is 0 Å². The van der Waals surface area contributed by atoms with Gasteiger partial charge in [0.25, 0.3) is 0 Å². The Labute approximate surface area is 155 Å². The van der Waals surface area contributed by atoms with Crippen LogP contribution in [-0.2, 0) is 17.9 Å². The van der Waals surface area contributed by atoms with E-state index in [0.717, 1.165) is 42.0 Å². The Balaban J connectivity index is 1.51. The molecule has 6 heteroatoms. The van der Waals surface area contributed by atoms with Crippen molar-refractivity contribution in [1.82, 2.24) is 14.9 Å². The fourth-order valence-corrected chi connectivity index (χ4v) is 4.16. The molecule has 26 heavy (non-hydrogen) atoms. The number of fused-ring (bicyclic) bond motifs is 2. The first-order valence-corrected chi connectivity index (χ1v) is 13.1. The van der Waals surface area contributed by atoms with Crippen LogP contribution in [0.3, 0.4) is 0 Å². The number of hydrogen-bond donors (Lipinski definition) is 1. The first kappa shape index (κ1) is 17.5. The molecule has 1 aromatic carbocycles. The quantitative estimate of drug-likeness (QED) is 0.523. The Morgan fingerprint density at radius 3 is 2.96 bits per heavy atom. The average molecular weight is 370 g/mol. The molecule has 1 atom stereocenters. The SMILES string of the molecule is C[Si](C)(C)CCOCn1cnc2c1CCNC2c1cc2ccccc2o1. The summed E-state index contributed by atoms with van der Waals surface area (Å²) >= 11 is 0. The van der Waals surface area contributed by atoms with E-state index in [1.165, 1.54) is 11.7 Å². The maximum absolute atomic E-state index is 6.07. The summed E-state index contributed by atoms with van der Waals surface area (Å²) in [4.78, 5) is 4.68. The number of para-hydroxylation sites is 1. The molecule has 4 rings (SSSR count). The predicted molar refractivity (Wildman–Crippen MR) is 106 cm³/mol. The van der Waals surface area contributed by atoms with Crippen molar-refractivity contribution in [2.75, 3.05) is 13.2 Å². The monoisotopic (exact) mass is 369 g/mol. The van der Waals surface area contributed by atoms with E-state index in [4.69, 9.17) is 9.15 Å². The zero-order valence-corrected chi connectivity index (χ0v) is 16.8. The molecule has 0 bridgehead atoms. The van der Waals surface area contributed by atoms with Crippen molar-refractivity contribution in [1.29, 1.82) is 0 Å². The molecule has 0 saturated heterocycles. The molecule has 3 heterocycles. The normalized spacial score (nSPS) is 17.6. The Morgan fingerprint density at radius 2 is 2.15 bits per heavy atom. The van der Waals surface area contributed by atoms with Gasteiger partial charge in [0, 0.05) is 38.7 Å². The van der Waals surface area contributed by atoms with Crippen LogP contribution >= 0.6 is 0 Å². The summed E-state index contributed by atoms with van der Waals surface area (Å²) < 4.78 is 14.1. The van der Waals surface area contributed by atoms with Gasteiger partial charge in [-0.25, -0.2) is 4.98 Å². The zero-order valence-electron chi connectivity index (χ0n) is 15.8. The molecular weight excluding hydrogens is 342 g/mol. The molecule has 0 saturated carbocycles. The number of ether oxygens (including phenoxy) is 1. The molecule has 1 aliphatic rings. The largest absolute Gasteiger partial charge is 0.459 e. The van der Waals surface area contributed by atoms with Gasteiger partial charge in [-0.15, -0.1) is 0 Å². The smallest absolute Gasteiger partial charge is 0.134 e. The van der Waals surface area contributed by atoms with Crippen LogP contribution in [0.15, 0.2) is 41.1 Å². The molecule has 1 N–H and O–H groups in total. The van der Waals surface area contributed by atoms with Crippen molar-refractivity contribution in [2.24, 2.45) is 0 Å². The highest BCUT2D eigenvalue weighted by atomic mass is 28.3. The number of nitrogens with zero attached hydrogens (tertiary/aromatic N) is 2. The van der Waals surface area contributed by atoms with Crippen LogP contribution in [0.4, 0.5) is 0 Å². The summed E-state index contributed by atoms with van der Waals surface area (Å²) in [6.45, 7) is 9.44. The van der Waals surface area contributed by atoms with Crippen LogP contribution in [-0.4, -0.2) is 30.8 Å². The van der Waals surface area contributed by atoms with E-state index in [1.807, 2.05) is 24.5 Å². The third-order valence-electron chi connectivity index (χ3n) is 4.92. The van der Waals surface area contributed by atoms with Crippen molar-refractivity contribution in [3.05, 3.63) is 53.8 Å². The van der Waals surface area contributed by atoms with E-state index in [-0.39, 0.29) is 6.04 Å². The van der Waals surface area contributed by atoms with E-state index in [0.29, 0.717) is 6.73 Å². The van der Waals surface area contributed by atoms with Gasteiger partial charge < -0.3 is 19.0 Å². The Kier molecular flexibility index (Phi) is 4.73. The molecule has 1 unspecified atom stereocenters. The number of hydrogen-bond acceptors (Lipinski definition) is 4. The summed E-state index contributed by atoms with van der Waals surface area (Å²) in [5, 5.41) is 4.68. The van der Waals surface area contributed by atoms with Crippen LogP contribution in [0.2, 0.25) is 25.7 Å². The van der Waals surface area contributed by atoms with Crippen LogP contribution in [0, 0.1) is 0 Å². The summed E-state index contributed by atoms with van der Waals surface area (Å²) in [5.74, 6) is 0.928. The van der Waals surface area contributed by atoms with Crippen LogP contribution in [0.25, 0.3) is 11.0 Å². The van der Waals surface area contributed by atoms with Crippen LogP contribution in [0.5, 0.6) is 0 Å². The van der Waals surface area contributed by atoms with Crippen molar-refractivity contribution in [3.8, 4) is 0 Å². The van der Waals surface area contributed by atoms with Crippen molar-refractivity contribution >= 4 is 19.0 Å². The second-order valence-electron chi connectivity index (χ2n) is 8.22. The molecule has 5 nitrogen and oxygen atoms in total. The molecule has 138 valence electrons. The predicted octanol–water partition coefficient (Wildman–Crippen LogP) is 4.18. The summed E-state index contributed by atoms with van der Waals surface area (Å²) in [6, 6.07) is 11.4. The number of rotatable bonds is 6. The number of furan rings is 1. The van der Waals surface area contributed by atoms with Crippen LogP contribution < -0.4 is 5.32 Å². The third kappa shape index (κ3) is 3.63. The minimum Gasteiger partial charge on any atom is -0.459 e. The topological polar surface area (TPSA) is 52.2 Å². The number of aromatic nitrogens is 2. The van der Waals surface area contributed by atoms with Crippen molar-refractivity contribution in [3.63, 3.8) is 0 Å². The van der Waals surface area contributed by atoms with Gasteiger partial charge in [-0.05, 0) is 18.2 Å². The Morgan fingerprint density at radius 1 is 1.31 bits per heavy atom. The molecular formula is C20H27N3O2Si. The molecule has 0 amide bonds. The molecule has 2 aromatic heterocycles. The average Bonchev–Trinajstić information content (AvgIpc) is 3.21. The van der Waals surface area contributed by atoms with Gasteiger partial charge in [-0.1, -0.05) is 37.8 Å². The Bertz CT molecular complexity index is 861. The van der Waals surface area contributed by atoms with E-state index in [1.54, 1.807) is 0 Å². The lowest BCUT2D eigenvalue weighted by atomic mass is 10.0. The summed E-state index contributed by atoms with van der Waals surface area (Å²) in [7, 11) is -1.05. The molecule has 1 aliphatic heterocycles. The van der Waals surface area contributed by atoms with Gasteiger partial charge in [0.05, 0.1) is 12.0 Å². The van der Waals surface area contributed by atoms with Gasteiger partial charge in [-0.3, -0.25) is 0 Å². The molecule has 0 fully saturated rings. The minimum atomic E-state index is -1.05. The fourth-order valence-electron chi connectivity index (χ4n) is 3.40. The fraction of sp³-hybridized carbons (Fsp3) is 0.450. The van der Waals surface area contributed by atoms with Crippen LogP contribution in [0.1, 0.15) is 23.2 Å². The lowest BCUT2D eigenvalue weighted by Crippen LogP contribution is -2.31. The molecule has 0 aliphatic carbocycles. The standard InChI is InChI=1S/C20H27N3O2Si/c1-26(2,3)11-10-24-14-23-13-22-19-16(23)8-9-21-20(19)18-12-15-6-4-5-7-17(15)25-18/h4-7,12-13,20-21H,8-11,14H2,1-3H3. The van der Waals surface area contributed by atoms with E-state index < -0.39 is 8.07 Å². The maximum atomic E-state index is 6.07. The first-order chi connectivity index (χ1) is 12.5. The van der Waals surface area contributed by atoms with E-state index in [9.17, 15) is 0 Å². The second kappa shape index (κ2) is 7.02. The van der Waals surface area contributed by atoms with Gasteiger partial charge in [-0.2, -0.15) is 0 Å². The van der Waals surface area contributed by atoms with Gasteiger partial charge >= 0.3 is 0 Å². The number of imidazole rings is 1. The maximum Gasteiger partial charge on any atom is 0.134 e. The minimum absolute atomic E-state index is 0.00869. The number of benzene rings is 1. The number of nitrogens with one attached hydrogen (secondary N) is 1. The highest BCUT2D eigenvalue weighted by molar-refractivity contribution is 6.76. The van der Waals surface area contributed by atoms with Gasteiger partial charge in [0.2, 0.25) is 0 Å². The molecule has 0 radical (unpaired) electrons. The van der Waals surface area contributed by atoms with E-state index >= 15 is 0 Å². The second-order valence-corrected chi connectivity index (χ2v) is 13.8. The summed E-state index contributed by atoms with van der Waals surface area (Å²) in [5.41, 5.74) is 3.23. The van der Waals surface area contributed by atoms with Crippen molar-refractivity contribution < 1.29 is 9.15 Å². The third-order valence-corrected chi connectivity index (χ3v) is 6.62. The Hall–Kier alpha value is -1.89. The lowest BCUT2D eigenvalue weighted by molar-refractivity contribution is 0.0849.